The third-order valence-electron chi connectivity index (χ3n) is 4.49. The van der Waals surface area contributed by atoms with Gasteiger partial charge in [-0.25, -0.2) is 4.39 Å². The minimum absolute atomic E-state index is 0.0740. The third-order valence-corrected chi connectivity index (χ3v) is 4.49. The predicted octanol–water partition coefficient (Wildman–Crippen LogP) is 2.41. The minimum Gasteiger partial charge on any atom is -0.508 e. The van der Waals surface area contributed by atoms with Crippen LogP contribution in [0.15, 0.2) is 42.5 Å². The van der Waals surface area contributed by atoms with Crippen molar-refractivity contribution in [3.8, 4) is 5.75 Å². The van der Waals surface area contributed by atoms with Crippen molar-refractivity contribution in [3.63, 3.8) is 0 Å². The first-order chi connectivity index (χ1) is 12.0. The van der Waals surface area contributed by atoms with Gasteiger partial charge in [0.1, 0.15) is 11.6 Å². The summed E-state index contributed by atoms with van der Waals surface area (Å²) in [5.74, 6) is -0.758. The Kier molecular flexibility index (Phi) is 4.70. The van der Waals surface area contributed by atoms with Crippen LogP contribution in [0.1, 0.15) is 34.5 Å². The lowest BCUT2D eigenvalue weighted by atomic mass is 9.93. The van der Waals surface area contributed by atoms with Gasteiger partial charge in [-0.05, 0) is 60.9 Å². The number of halogens is 1. The molecule has 0 aromatic heterocycles. The van der Waals surface area contributed by atoms with Crippen LogP contribution in [0, 0.1) is 5.82 Å². The lowest BCUT2D eigenvalue weighted by molar-refractivity contribution is -0.132. The van der Waals surface area contributed by atoms with E-state index in [0.717, 1.165) is 11.1 Å². The van der Waals surface area contributed by atoms with E-state index in [9.17, 15) is 19.1 Å². The van der Waals surface area contributed by atoms with E-state index in [1.165, 1.54) is 36.4 Å². The topological polar surface area (TPSA) is 69.6 Å². The van der Waals surface area contributed by atoms with E-state index in [-0.39, 0.29) is 36.0 Å². The minimum atomic E-state index is -0.375. The number of benzene rings is 2. The van der Waals surface area contributed by atoms with Crippen LogP contribution in [0.4, 0.5) is 4.39 Å². The Bertz CT molecular complexity index is 805. The maximum absolute atomic E-state index is 13.3. The molecule has 0 spiro atoms. The molecular weight excluding hydrogens is 323 g/mol. The van der Waals surface area contributed by atoms with Crippen LogP contribution in [0.2, 0.25) is 0 Å². The van der Waals surface area contributed by atoms with Gasteiger partial charge in [0.2, 0.25) is 5.91 Å². The normalized spacial score (nSPS) is 16.2. The number of hydrogen-bond acceptors (Lipinski definition) is 3. The number of carbonyl (C=O) groups is 2. The molecule has 0 unspecified atom stereocenters. The van der Waals surface area contributed by atoms with Gasteiger partial charge in [-0.1, -0.05) is 6.07 Å². The van der Waals surface area contributed by atoms with Crippen molar-refractivity contribution in [2.24, 2.45) is 0 Å². The molecule has 2 aromatic rings. The molecule has 2 N–H and O–H groups in total. The van der Waals surface area contributed by atoms with Crippen molar-refractivity contribution < 1.29 is 19.1 Å². The summed E-state index contributed by atoms with van der Waals surface area (Å²) >= 11 is 0. The monoisotopic (exact) mass is 342 g/mol. The molecule has 6 heteroatoms. The average molecular weight is 342 g/mol. The predicted molar refractivity (Wildman–Crippen MR) is 90.7 cm³/mol. The quantitative estimate of drug-likeness (QED) is 0.900. The molecule has 1 aliphatic rings. The van der Waals surface area contributed by atoms with E-state index < -0.39 is 0 Å². The van der Waals surface area contributed by atoms with Crippen molar-refractivity contribution in [2.45, 2.75) is 19.4 Å². The van der Waals surface area contributed by atoms with Crippen molar-refractivity contribution in [1.29, 1.82) is 0 Å². The van der Waals surface area contributed by atoms with E-state index >= 15 is 0 Å². The first-order valence-electron chi connectivity index (χ1n) is 8.10. The lowest BCUT2D eigenvalue weighted by Gasteiger charge is -2.35. The number of phenolic OH excluding ortho intramolecular Hbond substituents is 1. The van der Waals surface area contributed by atoms with E-state index in [0.29, 0.717) is 18.5 Å². The molecule has 0 aliphatic carbocycles. The highest BCUT2D eigenvalue weighted by Gasteiger charge is 2.27. The van der Waals surface area contributed by atoms with Gasteiger partial charge < -0.3 is 15.3 Å². The molecule has 0 radical (unpaired) electrons. The van der Waals surface area contributed by atoms with Crippen molar-refractivity contribution >= 4 is 11.8 Å². The van der Waals surface area contributed by atoms with Crippen LogP contribution in [0.3, 0.4) is 0 Å². The zero-order valence-corrected chi connectivity index (χ0v) is 13.8. The molecule has 1 atom stereocenters. The maximum Gasteiger partial charge on any atom is 0.251 e. The molecule has 25 heavy (non-hydrogen) atoms. The molecule has 130 valence electrons. The molecule has 2 amide bonds. The van der Waals surface area contributed by atoms with Crippen LogP contribution in [-0.4, -0.2) is 34.9 Å². The molecular formula is C19H19FN2O3. The fraction of sp³-hybridized carbons (Fsp3) is 0.263. The van der Waals surface area contributed by atoms with E-state index in [1.807, 2.05) is 6.92 Å². The van der Waals surface area contributed by atoms with Gasteiger partial charge in [-0.2, -0.15) is 0 Å². The fourth-order valence-corrected chi connectivity index (χ4v) is 3.11. The Balaban J connectivity index is 1.63. The Morgan fingerprint density at radius 1 is 1.24 bits per heavy atom. The fourth-order valence-electron chi connectivity index (χ4n) is 3.11. The van der Waals surface area contributed by atoms with Gasteiger partial charge in [0.15, 0.2) is 0 Å². The Labute approximate surface area is 145 Å². The highest BCUT2D eigenvalue weighted by atomic mass is 19.1. The van der Waals surface area contributed by atoms with Crippen molar-refractivity contribution in [3.05, 3.63) is 65.0 Å². The molecule has 1 aliphatic heterocycles. The average Bonchev–Trinajstić information content (AvgIpc) is 2.60. The van der Waals surface area contributed by atoms with Gasteiger partial charge in [0.25, 0.3) is 5.91 Å². The Hall–Kier alpha value is -2.89. The summed E-state index contributed by atoms with van der Waals surface area (Å²) in [7, 11) is 0. The van der Waals surface area contributed by atoms with Crippen LogP contribution in [0.25, 0.3) is 0 Å². The number of fused-ring (bicyclic) bond motifs is 1. The lowest BCUT2D eigenvalue weighted by Crippen LogP contribution is -2.44. The Morgan fingerprint density at radius 2 is 1.96 bits per heavy atom. The SMILES string of the molecule is C[C@H]1c2ccc(F)cc2CCN1C(=O)CNC(=O)c1ccc(O)cc1. The largest absolute Gasteiger partial charge is 0.508 e. The van der Waals surface area contributed by atoms with Gasteiger partial charge in [0, 0.05) is 12.1 Å². The number of nitrogens with zero attached hydrogens (tertiary/aromatic N) is 1. The summed E-state index contributed by atoms with van der Waals surface area (Å²) < 4.78 is 13.3. The molecule has 1 heterocycles. The molecule has 5 nitrogen and oxygen atoms in total. The smallest absolute Gasteiger partial charge is 0.251 e. The second-order valence-electron chi connectivity index (χ2n) is 6.09. The Morgan fingerprint density at radius 3 is 2.68 bits per heavy atom. The van der Waals surface area contributed by atoms with Gasteiger partial charge in [-0.15, -0.1) is 0 Å². The van der Waals surface area contributed by atoms with E-state index in [4.69, 9.17) is 0 Å². The van der Waals surface area contributed by atoms with Crippen LogP contribution >= 0.6 is 0 Å². The molecule has 0 saturated carbocycles. The first kappa shape index (κ1) is 17.0. The molecule has 2 aromatic carbocycles. The van der Waals surface area contributed by atoms with Crippen LogP contribution in [0.5, 0.6) is 5.75 Å². The molecule has 0 saturated heterocycles. The van der Waals surface area contributed by atoms with Crippen molar-refractivity contribution in [2.75, 3.05) is 13.1 Å². The molecule has 0 fully saturated rings. The highest BCUT2D eigenvalue weighted by molar-refractivity contribution is 5.96. The summed E-state index contributed by atoms with van der Waals surface area (Å²) in [6.45, 7) is 2.28. The van der Waals surface area contributed by atoms with Crippen LogP contribution < -0.4 is 5.32 Å². The second-order valence-corrected chi connectivity index (χ2v) is 6.09. The van der Waals surface area contributed by atoms with Gasteiger partial charge in [-0.3, -0.25) is 9.59 Å². The summed E-state index contributed by atoms with van der Waals surface area (Å²) in [5.41, 5.74) is 2.23. The first-order valence-corrected chi connectivity index (χ1v) is 8.10. The zero-order chi connectivity index (χ0) is 18.0. The second kappa shape index (κ2) is 6.93. The number of nitrogens with one attached hydrogen (secondary N) is 1. The van der Waals surface area contributed by atoms with Gasteiger partial charge in [0.05, 0.1) is 12.6 Å². The highest BCUT2D eigenvalue weighted by Crippen LogP contribution is 2.29. The van der Waals surface area contributed by atoms with E-state index in [1.54, 1.807) is 11.0 Å². The number of hydrogen-bond donors (Lipinski definition) is 2. The maximum atomic E-state index is 13.3. The van der Waals surface area contributed by atoms with Crippen LogP contribution in [-0.2, 0) is 11.2 Å². The van der Waals surface area contributed by atoms with Gasteiger partial charge >= 0.3 is 0 Å². The number of phenols is 1. The number of amides is 2. The zero-order valence-electron chi connectivity index (χ0n) is 13.8. The molecule has 0 bridgehead atoms. The number of rotatable bonds is 3. The standard InChI is InChI=1S/C19H19FN2O3/c1-12-17-7-4-15(20)10-14(17)8-9-22(12)18(24)11-21-19(25)13-2-5-16(23)6-3-13/h2-7,10,12,23H,8-9,11H2,1H3,(H,21,25)/t12-/m0/s1. The summed E-state index contributed by atoms with van der Waals surface area (Å²) in [6.07, 6.45) is 0.592. The summed E-state index contributed by atoms with van der Waals surface area (Å²) in [6, 6.07) is 10.3. The number of aromatic hydroxyl groups is 1. The summed E-state index contributed by atoms with van der Waals surface area (Å²) in [5, 5.41) is 11.8. The van der Waals surface area contributed by atoms with E-state index in [2.05, 4.69) is 5.32 Å². The number of carbonyl (C=O) groups excluding carboxylic acids is 2. The third kappa shape index (κ3) is 3.63. The summed E-state index contributed by atoms with van der Waals surface area (Å²) in [4.78, 5) is 26.2. The molecule has 3 rings (SSSR count). The van der Waals surface area contributed by atoms with Crippen molar-refractivity contribution in [1.82, 2.24) is 10.2 Å².